The van der Waals surface area contributed by atoms with Crippen molar-refractivity contribution in [1.82, 2.24) is 14.5 Å². The Bertz CT molecular complexity index is 4090. The second-order valence-electron chi connectivity index (χ2n) is 16.5. The summed E-state index contributed by atoms with van der Waals surface area (Å²) in [5.74, 6) is 3.09. The molecule has 0 saturated heterocycles. The number of aromatic nitrogens is 3. The molecule has 0 fully saturated rings. The summed E-state index contributed by atoms with van der Waals surface area (Å²) in [5, 5.41) is 6.65. The van der Waals surface area contributed by atoms with E-state index in [1.54, 1.807) is 34.0 Å². The lowest BCUT2D eigenvalue weighted by atomic mass is 10.00. The third-order valence-corrected chi connectivity index (χ3v) is 16.2. The van der Waals surface area contributed by atoms with Crippen molar-refractivity contribution in [2.75, 3.05) is 4.90 Å². The summed E-state index contributed by atoms with van der Waals surface area (Å²) in [6.45, 7) is 0. The van der Waals surface area contributed by atoms with Crippen LogP contribution in [-0.2, 0) is 0 Å². The molecule has 9 aromatic carbocycles. The van der Waals surface area contributed by atoms with Gasteiger partial charge in [-0.15, -0.1) is 34.0 Å². The minimum absolute atomic E-state index is 0.751. The fourth-order valence-corrected chi connectivity index (χ4v) is 12.9. The van der Waals surface area contributed by atoms with Gasteiger partial charge in [-0.2, -0.15) is 0 Å². The fraction of sp³-hybridized carbons (Fsp3) is 0. The van der Waals surface area contributed by atoms with Crippen LogP contribution >= 0.6 is 34.0 Å². The fourth-order valence-electron chi connectivity index (χ4n) is 9.83. The quantitative estimate of drug-likeness (QED) is 0.176. The van der Waals surface area contributed by atoms with Gasteiger partial charge in [-0.1, -0.05) is 78.9 Å². The lowest BCUT2D eigenvalue weighted by Gasteiger charge is -2.38. The van der Waals surface area contributed by atoms with Crippen LogP contribution in [0.4, 0.5) is 17.1 Å². The number of thiazole rings is 2. The van der Waals surface area contributed by atoms with Gasteiger partial charge in [-0.25, -0.2) is 9.97 Å². The smallest absolute Gasteiger partial charge is 0.173 e. The molecule has 0 spiro atoms. The highest BCUT2D eigenvalue weighted by molar-refractivity contribution is 7.26. The summed E-state index contributed by atoms with van der Waals surface area (Å²) < 4.78 is 21.1. The Hall–Kier alpha value is -7.82. The molecule has 2 aliphatic rings. The molecule has 0 amide bonds. The summed E-state index contributed by atoms with van der Waals surface area (Å²) >= 11 is 5.16. The van der Waals surface area contributed by atoms with Crippen molar-refractivity contribution in [3.05, 3.63) is 182 Å². The molecule has 13 aromatic rings. The van der Waals surface area contributed by atoms with E-state index in [1.165, 1.54) is 26.5 Å². The number of fused-ring (bicyclic) bond motifs is 13. The molecular weight excluding hydrogens is 857 g/mol. The lowest BCUT2D eigenvalue weighted by molar-refractivity contribution is 0.450. The number of nitrogens with zero attached hydrogens (tertiary/aromatic N) is 4. The Morgan fingerprint density at radius 3 is 1.75 bits per heavy atom. The molecule has 0 radical (unpaired) electrons. The molecule has 0 atom stereocenters. The van der Waals surface area contributed by atoms with Crippen molar-refractivity contribution < 1.29 is 9.47 Å². The molecule has 6 heterocycles. The van der Waals surface area contributed by atoms with E-state index in [0.29, 0.717) is 0 Å². The molecule has 4 aromatic heterocycles. The lowest BCUT2D eigenvalue weighted by Crippen LogP contribution is -2.20. The normalized spacial score (nSPS) is 12.8. The Labute approximate surface area is 383 Å². The van der Waals surface area contributed by atoms with Crippen LogP contribution in [0, 0.1) is 0 Å². The van der Waals surface area contributed by atoms with Crippen molar-refractivity contribution in [1.29, 1.82) is 0 Å². The number of anilines is 3. The number of benzene rings is 9. The number of ether oxygens (including phenoxy) is 2. The SMILES string of the molecule is c1ccc(-n2c3ccccc3c3ccc(-c4ccc5sc6c7c8c(cc6c5c4)Oc4cc(-c5nc6ccccc6s5)ccc4N8c4ccc(-c5nc6ccccc6s5)cc4O7)cc32)cc1. The summed E-state index contributed by atoms with van der Waals surface area (Å²) in [7, 11) is 0. The van der Waals surface area contributed by atoms with Crippen molar-refractivity contribution in [3.63, 3.8) is 0 Å². The van der Waals surface area contributed by atoms with E-state index in [-0.39, 0.29) is 0 Å². The zero-order valence-corrected chi connectivity index (χ0v) is 36.6. The highest BCUT2D eigenvalue weighted by atomic mass is 32.1. The zero-order chi connectivity index (χ0) is 42.3. The van der Waals surface area contributed by atoms with E-state index < -0.39 is 0 Å². The van der Waals surface area contributed by atoms with E-state index in [4.69, 9.17) is 19.4 Å². The highest BCUT2D eigenvalue weighted by Gasteiger charge is 2.37. The highest BCUT2D eigenvalue weighted by Crippen LogP contribution is 2.64. The molecule has 9 heteroatoms. The van der Waals surface area contributed by atoms with Gasteiger partial charge in [0.05, 0.1) is 47.5 Å². The summed E-state index contributed by atoms with van der Waals surface area (Å²) in [6.07, 6.45) is 0. The Morgan fingerprint density at radius 2 is 1.02 bits per heavy atom. The molecule has 65 heavy (non-hydrogen) atoms. The van der Waals surface area contributed by atoms with Gasteiger partial charge in [-0.3, -0.25) is 4.90 Å². The number of hydrogen-bond acceptors (Lipinski definition) is 8. The average Bonchev–Trinajstić information content (AvgIpc) is 4.15. The topological polar surface area (TPSA) is 52.4 Å². The summed E-state index contributed by atoms with van der Waals surface area (Å²) in [4.78, 5) is 12.3. The van der Waals surface area contributed by atoms with Gasteiger partial charge in [-0.05, 0) is 114 Å². The molecule has 0 unspecified atom stereocenters. The first-order valence-corrected chi connectivity index (χ1v) is 23.9. The second kappa shape index (κ2) is 13.4. The maximum absolute atomic E-state index is 7.15. The van der Waals surface area contributed by atoms with Crippen molar-refractivity contribution in [2.24, 2.45) is 0 Å². The molecule has 0 bridgehead atoms. The molecular formula is C56H30N4O2S3. The maximum atomic E-state index is 7.15. The third kappa shape index (κ3) is 5.25. The second-order valence-corrected chi connectivity index (χ2v) is 19.7. The van der Waals surface area contributed by atoms with E-state index in [1.807, 2.05) is 12.1 Å². The van der Waals surface area contributed by atoms with Crippen molar-refractivity contribution in [2.45, 2.75) is 0 Å². The minimum atomic E-state index is 0.751. The van der Waals surface area contributed by atoms with Crippen LogP contribution in [0.3, 0.4) is 0 Å². The number of rotatable bonds is 4. The Kier molecular flexibility index (Phi) is 7.32. The molecule has 15 rings (SSSR count). The van der Waals surface area contributed by atoms with E-state index in [0.717, 1.165) is 114 Å². The van der Waals surface area contributed by atoms with Crippen LogP contribution in [0.15, 0.2) is 182 Å². The molecule has 6 nitrogen and oxygen atoms in total. The largest absolute Gasteiger partial charge is 0.453 e. The van der Waals surface area contributed by atoms with Gasteiger partial charge in [0.2, 0.25) is 0 Å². The van der Waals surface area contributed by atoms with Crippen LogP contribution in [0.1, 0.15) is 0 Å². The van der Waals surface area contributed by atoms with E-state index >= 15 is 0 Å². The van der Waals surface area contributed by atoms with Gasteiger partial charge < -0.3 is 14.0 Å². The van der Waals surface area contributed by atoms with Gasteiger partial charge in [0, 0.05) is 43.1 Å². The average molecular weight is 887 g/mol. The van der Waals surface area contributed by atoms with Gasteiger partial charge in [0.15, 0.2) is 23.0 Å². The number of hydrogen-bond donors (Lipinski definition) is 0. The minimum Gasteiger partial charge on any atom is -0.453 e. The third-order valence-electron chi connectivity index (χ3n) is 12.8. The van der Waals surface area contributed by atoms with Crippen LogP contribution in [0.2, 0.25) is 0 Å². The Morgan fingerprint density at radius 1 is 0.400 bits per heavy atom. The van der Waals surface area contributed by atoms with E-state index in [2.05, 4.69) is 179 Å². The molecule has 0 N–H and O–H groups in total. The van der Waals surface area contributed by atoms with Gasteiger partial charge >= 0.3 is 0 Å². The van der Waals surface area contributed by atoms with Crippen molar-refractivity contribution in [3.8, 4) is 61.0 Å². The van der Waals surface area contributed by atoms with Gasteiger partial charge in [0.25, 0.3) is 0 Å². The number of thiophene rings is 1. The predicted molar refractivity (Wildman–Crippen MR) is 271 cm³/mol. The van der Waals surface area contributed by atoms with E-state index in [9.17, 15) is 0 Å². The van der Waals surface area contributed by atoms with Crippen LogP contribution in [-0.4, -0.2) is 14.5 Å². The molecule has 304 valence electrons. The monoisotopic (exact) mass is 886 g/mol. The maximum Gasteiger partial charge on any atom is 0.173 e. The first kappa shape index (κ1) is 35.6. The zero-order valence-electron chi connectivity index (χ0n) is 34.2. The number of para-hydroxylation sites is 4. The summed E-state index contributed by atoms with van der Waals surface area (Å²) in [5.41, 5.74) is 12.7. The van der Waals surface area contributed by atoms with Crippen LogP contribution in [0.5, 0.6) is 23.0 Å². The standard InChI is InChI=1S/C56H30N4O2S3/c1-2-10-35(11-3-1)59-42-15-7-4-12-36(42)37-22-18-32(27-45(37)59)31-21-25-49-38(26-31)39-30-48-52-53(54(39)63-49)62-47-29-34(56-58-41-14-6-9-17-51(41)65-56)20-24-44(47)60(52)43-23-19-33(28-46(43)61-48)55-57-40-13-5-8-16-50(40)64-55/h1-30H. The van der Waals surface area contributed by atoms with Gasteiger partial charge in [0.1, 0.15) is 15.7 Å². The van der Waals surface area contributed by atoms with Crippen LogP contribution in [0.25, 0.3) is 100 Å². The van der Waals surface area contributed by atoms with Crippen molar-refractivity contribution >= 4 is 113 Å². The first-order valence-electron chi connectivity index (χ1n) is 21.4. The Balaban J connectivity index is 0.918. The molecule has 0 saturated carbocycles. The molecule has 2 aliphatic heterocycles. The molecule has 0 aliphatic carbocycles. The van der Waals surface area contributed by atoms with Crippen LogP contribution < -0.4 is 14.4 Å². The predicted octanol–water partition coefficient (Wildman–Crippen LogP) is 17.1. The first-order chi connectivity index (χ1) is 32.2. The summed E-state index contributed by atoms with van der Waals surface area (Å²) in [6, 6.07) is 64.8.